The highest BCUT2D eigenvalue weighted by molar-refractivity contribution is 6.31. The molecule has 0 spiro atoms. The third kappa shape index (κ3) is 4.40. The lowest BCUT2D eigenvalue weighted by atomic mass is 10.2. The number of amides is 1. The van der Waals surface area contributed by atoms with Crippen LogP contribution in [0.25, 0.3) is 17.1 Å². The van der Waals surface area contributed by atoms with E-state index in [9.17, 15) is 4.79 Å². The highest BCUT2D eigenvalue weighted by Crippen LogP contribution is 2.28. The number of halogens is 2. The Balaban J connectivity index is 1.81. The second-order valence-electron chi connectivity index (χ2n) is 6.77. The highest BCUT2D eigenvalue weighted by Gasteiger charge is 2.21. The van der Waals surface area contributed by atoms with Gasteiger partial charge in [-0.1, -0.05) is 53.5 Å². The van der Waals surface area contributed by atoms with Crippen molar-refractivity contribution in [1.82, 2.24) is 14.8 Å². The molecule has 0 aliphatic heterocycles. The maximum Gasteiger partial charge on any atom is 0.295 e. The Morgan fingerprint density at radius 3 is 2.55 bits per heavy atom. The van der Waals surface area contributed by atoms with Gasteiger partial charge in [-0.05, 0) is 48.9 Å². The molecular formula is C23H18Cl2N4O2. The molecule has 0 bridgehead atoms. The zero-order chi connectivity index (χ0) is 22.0. The van der Waals surface area contributed by atoms with Crippen molar-refractivity contribution in [3.8, 4) is 22.8 Å². The number of carbonyl (C=O) groups excluding carboxylic acids is 1. The number of rotatable bonds is 5. The molecule has 0 unspecified atom stereocenters. The molecule has 156 valence electrons. The summed E-state index contributed by atoms with van der Waals surface area (Å²) in [5.74, 6) is 0.542. The van der Waals surface area contributed by atoms with Crippen molar-refractivity contribution in [2.75, 3.05) is 12.4 Å². The number of anilines is 1. The van der Waals surface area contributed by atoms with Gasteiger partial charge in [0.1, 0.15) is 5.75 Å². The number of ether oxygens (including phenoxy) is 1. The number of hydrogen-bond acceptors (Lipinski definition) is 4. The largest absolute Gasteiger partial charge is 0.495 e. The maximum absolute atomic E-state index is 13.0. The van der Waals surface area contributed by atoms with Crippen molar-refractivity contribution in [2.24, 2.45) is 0 Å². The molecule has 4 rings (SSSR count). The Morgan fingerprint density at radius 2 is 1.77 bits per heavy atom. The Kier molecular flexibility index (Phi) is 5.93. The van der Waals surface area contributed by atoms with Crippen LogP contribution in [0.1, 0.15) is 16.2 Å². The number of aromatic nitrogens is 3. The molecule has 0 aliphatic carbocycles. The van der Waals surface area contributed by atoms with Crippen molar-refractivity contribution in [2.45, 2.75) is 6.92 Å². The predicted octanol–water partition coefficient (Wildman–Crippen LogP) is 5.81. The van der Waals surface area contributed by atoms with Crippen LogP contribution in [0.2, 0.25) is 10.0 Å². The van der Waals surface area contributed by atoms with Crippen molar-refractivity contribution in [3.63, 3.8) is 0 Å². The lowest BCUT2D eigenvalue weighted by Crippen LogP contribution is -2.15. The highest BCUT2D eigenvalue weighted by atomic mass is 35.5. The normalized spacial score (nSPS) is 10.7. The summed E-state index contributed by atoms with van der Waals surface area (Å²) in [5, 5.41) is 8.40. The van der Waals surface area contributed by atoms with E-state index in [0.29, 0.717) is 33.0 Å². The van der Waals surface area contributed by atoms with Gasteiger partial charge in [0, 0.05) is 15.6 Å². The van der Waals surface area contributed by atoms with Crippen molar-refractivity contribution in [1.29, 1.82) is 0 Å². The first kappa shape index (κ1) is 20.9. The molecule has 0 aliphatic rings. The number of nitrogens with one attached hydrogen (secondary N) is 1. The summed E-state index contributed by atoms with van der Waals surface area (Å²) in [7, 11) is 1.54. The van der Waals surface area contributed by atoms with E-state index in [1.807, 2.05) is 31.2 Å². The molecule has 0 saturated heterocycles. The summed E-state index contributed by atoms with van der Waals surface area (Å²) in [6.45, 7) is 1.93. The Labute approximate surface area is 189 Å². The maximum atomic E-state index is 13.0. The van der Waals surface area contributed by atoms with Gasteiger partial charge in [-0.3, -0.25) is 4.79 Å². The van der Waals surface area contributed by atoms with Gasteiger partial charge in [0.15, 0.2) is 5.82 Å². The minimum atomic E-state index is -0.466. The average molecular weight is 453 g/mol. The van der Waals surface area contributed by atoms with Crippen LogP contribution in [0.4, 0.5) is 5.69 Å². The van der Waals surface area contributed by atoms with E-state index < -0.39 is 5.91 Å². The van der Waals surface area contributed by atoms with Crippen LogP contribution < -0.4 is 10.1 Å². The number of hydrogen-bond donors (Lipinski definition) is 1. The van der Waals surface area contributed by atoms with Crippen molar-refractivity contribution >= 4 is 34.8 Å². The number of para-hydroxylation sites is 2. The lowest BCUT2D eigenvalue weighted by molar-refractivity contribution is 0.101. The quantitative estimate of drug-likeness (QED) is 0.414. The monoisotopic (exact) mass is 452 g/mol. The number of carbonyl (C=O) groups is 1. The van der Waals surface area contributed by atoms with E-state index in [2.05, 4.69) is 15.4 Å². The van der Waals surface area contributed by atoms with E-state index >= 15 is 0 Å². The minimum Gasteiger partial charge on any atom is -0.495 e. The lowest BCUT2D eigenvalue weighted by Gasteiger charge is -2.10. The van der Waals surface area contributed by atoms with Gasteiger partial charge in [0.2, 0.25) is 5.82 Å². The van der Waals surface area contributed by atoms with Crippen LogP contribution in [0.5, 0.6) is 5.75 Å². The smallest absolute Gasteiger partial charge is 0.295 e. The molecule has 1 heterocycles. The summed E-state index contributed by atoms with van der Waals surface area (Å²) >= 11 is 12.4. The molecular weight excluding hydrogens is 435 g/mol. The first-order chi connectivity index (χ1) is 15.0. The number of methoxy groups -OCH3 is 1. The van der Waals surface area contributed by atoms with Gasteiger partial charge in [-0.2, -0.15) is 0 Å². The molecule has 31 heavy (non-hydrogen) atoms. The van der Waals surface area contributed by atoms with E-state index in [-0.39, 0.29) is 5.82 Å². The second kappa shape index (κ2) is 8.79. The summed E-state index contributed by atoms with van der Waals surface area (Å²) in [6, 6.07) is 19.8. The molecule has 6 nitrogen and oxygen atoms in total. The van der Waals surface area contributed by atoms with Gasteiger partial charge in [0.05, 0.1) is 18.5 Å². The van der Waals surface area contributed by atoms with Crippen LogP contribution in [0.15, 0.2) is 66.7 Å². The van der Waals surface area contributed by atoms with Crippen LogP contribution in [-0.2, 0) is 0 Å². The average Bonchev–Trinajstić information content (AvgIpc) is 3.21. The zero-order valence-electron chi connectivity index (χ0n) is 16.8. The molecule has 0 radical (unpaired) electrons. The minimum absolute atomic E-state index is 0.000238. The summed E-state index contributed by atoms with van der Waals surface area (Å²) in [6.07, 6.45) is 0. The first-order valence-electron chi connectivity index (χ1n) is 9.40. The molecule has 8 heteroatoms. The second-order valence-corrected chi connectivity index (χ2v) is 7.64. The number of nitrogens with zero attached hydrogens (tertiary/aromatic N) is 3. The van der Waals surface area contributed by atoms with E-state index in [4.69, 9.17) is 27.9 Å². The fourth-order valence-electron chi connectivity index (χ4n) is 3.13. The Bertz CT molecular complexity index is 1270. The summed E-state index contributed by atoms with van der Waals surface area (Å²) in [5.41, 5.74) is 2.88. The van der Waals surface area contributed by atoms with Gasteiger partial charge in [-0.15, -0.1) is 5.10 Å². The standard InChI is InChI=1S/C23H18Cl2N4O2/c1-14-10-11-17(25)13-19(14)29-22(15-6-5-7-16(24)12-15)27-21(28-29)23(30)26-18-8-3-4-9-20(18)31-2/h3-13H,1-2H3,(H,26,30). The van der Waals surface area contributed by atoms with Crippen molar-refractivity contribution in [3.05, 3.63) is 88.2 Å². The fourth-order valence-corrected chi connectivity index (χ4v) is 3.48. The zero-order valence-corrected chi connectivity index (χ0v) is 18.3. The third-order valence-corrected chi connectivity index (χ3v) is 5.12. The van der Waals surface area contributed by atoms with Crippen LogP contribution in [0.3, 0.4) is 0 Å². The van der Waals surface area contributed by atoms with E-state index in [1.165, 1.54) is 7.11 Å². The number of benzene rings is 3. The predicted molar refractivity (Wildman–Crippen MR) is 122 cm³/mol. The third-order valence-electron chi connectivity index (χ3n) is 4.65. The van der Waals surface area contributed by atoms with Crippen LogP contribution >= 0.6 is 23.2 Å². The van der Waals surface area contributed by atoms with Gasteiger partial charge in [0.25, 0.3) is 5.91 Å². The molecule has 0 saturated carbocycles. The Morgan fingerprint density at radius 1 is 1.00 bits per heavy atom. The molecule has 4 aromatic rings. The SMILES string of the molecule is COc1ccccc1NC(=O)c1nc(-c2cccc(Cl)c2)n(-c2cc(Cl)ccc2C)n1. The van der Waals surface area contributed by atoms with Gasteiger partial charge < -0.3 is 10.1 Å². The first-order valence-corrected chi connectivity index (χ1v) is 10.2. The number of aryl methyl sites for hydroxylation is 1. The molecule has 0 fully saturated rings. The van der Waals surface area contributed by atoms with Gasteiger partial charge >= 0.3 is 0 Å². The molecule has 0 atom stereocenters. The molecule has 1 amide bonds. The fraction of sp³-hybridized carbons (Fsp3) is 0.0870. The van der Waals surface area contributed by atoms with Crippen LogP contribution in [0, 0.1) is 6.92 Å². The molecule has 1 N–H and O–H groups in total. The van der Waals surface area contributed by atoms with E-state index in [1.54, 1.807) is 47.1 Å². The van der Waals surface area contributed by atoms with Crippen LogP contribution in [-0.4, -0.2) is 27.8 Å². The molecule has 1 aromatic heterocycles. The topological polar surface area (TPSA) is 69.0 Å². The van der Waals surface area contributed by atoms with E-state index in [0.717, 1.165) is 11.1 Å². The Hall–Kier alpha value is -3.35. The summed E-state index contributed by atoms with van der Waals surface area (Å²) in [4.78, 5) is 17.5. The summed E-state index contributed by atoms with van der Waals surface area (Å²) < 4.78 is 6.90. The van der Waals surface area contributed by atoms with Crippen molar-refractivity contribution < 1.29 is 9.53 Å². The molecule has 3 aromatic carbocycles. The van der Waals surface area contributed by atoms with Gasteiger partial charge in [-0.25, -0.2) is 9.67 Å².